The van der Waals surface area contributed by atoms with Crippen LogP contribution in [0.5, 0.6) is 0 Å². The van der Waals surface area contributed by atoms with Gasteiger partial charge in [0.25, 0.3) is 5.69 Å². The molecule has 11 heteroatoms. The van der Waals surface area contributed by atoms with E-state index in [1.54, 1.807) is 0 Å². The largest absolute Gasteiger partial charge is 0.362 e. The lowest BCUT2D eigenvalue weighted by Gasteiger charge is -2.12. The number of nitrogens with zero attached hydrogens (tertiary/aromatic N) is 4. The van der Waals surface area contributed by atoms with E-state index in [2.05, 4.69) is 26.1 Å². The van der Waals surface area contributed by atoms with Crippen LogP contribution in [0, 0.1) is 20.2 Å². The molecule has 11 nitrogen and oxygen atoms in total. The van der Waals surface area contributed by atoms with E-state index in [0.717, 1.165) is 0 Å². The summed E-state index contributed by atoms with van der Waals surface area (Å²) in [5.41, 5.74) is 5.44. The second kappa shape index (κ2) is 7.17. The van der Waals surface area contributed by atoms with Crippen molar-refractivity contribution in [3.05, 3.63) is 50.8 Å². The van der Waals surface area contributed by atoms with E-state index in [9.17, 15) is 20.2 Å². The van der Waals surface area contributed by atoms with Gasteiger partial charge in [0.2, 0.25) is 11.6 Å². The molecule has 0 bridgehead atoms. The van der Waals surface area contributed by atoms with E-state index in [4.69, 9.17) is 0 Å². The van der Waals surface area contributed by atoms with Crippen LogP contribution in [-0.4, -0.2) is 25.9 Å². The molecule has 0 radical (unpaired) electrons. The number of hydrogen-bond donors (Lipinski definition) is 3. The maximum atomic E-state index is 11.3. The molecule has 1 heterocycles. The number of nitro benzene ring substituents is 1. The molecule has 1 aromatic heterocycles. The quantitative estimate of drug-likeness (QED) is 0.513. The molecule has 24 heavy (non-hydrogen) atoms. The summed E-state index contributed by atoms with van der Waals surface area (Å²) >= 11 is 0. The Bertz CT molecular complexity index is 748. The number of hydrogen-bond acceptors (Lipinski definition) is 9. The van der Waals surface area contributed by atoms with Crippen LogP contribution in [0.2, 0.25) is 0 Å². The third-order valence-electron chi connectivity index (χ3n) is 2.83. The van der Waals surface area contributed by atoms with Crippen LogP contribution >= 0.6 is 0 Å². The average molecular weight is 333 g/mol. The summed E-state index contributed by atoms with van der Waals surface area (Å²) in [5.74, 6) is 0.0644. The minimum absolute atomic E-state index is 0.0310. The third-order valence-corrected chi connectivity index (χ3v) is 2.83. The summed E-state index contributed by atoms with van der Waals surface area (Å²) in [5, 5.41) is 24.8. The van der Waals surface area contributed by atoms with Crippen molar-refractivity contribution in [1.82, 2.24) is 9.97 Å². The smallest absolute Gasteiger partial charge is 0.354 e. The van der Waals surface area contributed by atoms with Crippen molar-refractivity contribution < 1.29 is 9.85 Å². The Balaban J connectivity index is 2.19. The Hall–Kier alpha value is -3.50. The summed E-state index contributed by atoms with van der Waals surface area (Å²) in [4.78, 5) is 28.5. The highest BCUT2D eigenvalue weighted by atomic mass is 16.6. The summed E-state index contributed by atoms with van der Waals surface area (Å²) in [6.07, 6.45) is 1.19. The highest BCUT2D eigenvalue weighted by Gasteiger charge is 2.23. The van der Waals surface area contributed by atoms with Gasteiger partial charge in [-0.25, -0.2) is 9.97 Å². The molecule has 0 atom stereocenters. The molecule has 0 unspecified atom stereocenters. The molecule has 3 N–H and O–H groups in total. The van der Waals surface area contributed by atoms with E-state index in [0.29, 0.717) is 5.69 Å². The molecule has 2 aromatic rings. The molecule has 0 saturated heterocycles. The topological polar surface area (TPSA) is 148 Å². The van der Waals surface area contributed by atoms with Crippen LogP contribution < -0.4 is 16.2 Å². The van der Waals surface area contributed by atoms with Gasteiger partial charge in [0.15, 0.2) is 0 Å². The fourth-order valence-corrected chi connectivity index (χ4v) is 1.82. The molecule has 0 aliphatic rings. The standard InChI is InChI=1S/C13H15N7O4/c1-8(2)16-12-11(20(23)24)13(15-7-14-12)18-17-9-3-5-10(6-4-9)19(21)22/h3-8,17H,1-2H3,(H2,14,15,16,18). The minimum Gasteiger partial charge on any atom is -0.362 e. The summed E-state index contributed by atoms with van der Waals surface area (Å²) in [6, 6.07) is 5.50. The van der Waals surface area contributed by atoms with Crippen molar-refractivity contribution in [1.29, 1.82) is 0 Å². The predicted molar refractivity (Wildman–Crippen MR) is 87.8 cm³/mol. The first kappa shape index (κ1) is 16.9. The zero-order valence-electron chi connectivity index (χ0n) is 12.9. The summed E-state index contributed by atoms with van der Waals surface area (Å²) in [7, 11) is 0. The Morgan fingerprint density at radius 1 is 0.958 bits per heavy atom. The van der Waals surface area contributed by atoms with Crippen molar-refractivity contribution in [2.24, 2.45) is 0 Å². The second-order valence-corrected chi connectivity index (χ2v) is 5.03. The van der Waals surface area contributed by atoms with Crippen LogP contribution in [0.4, 0.5) is 28.7 Å². The number of nitro groups is 2. The fourth-order valence-electron chi connectivity index (χ4n) is 1.82. The average Bonchev–Trinajstić information content (AvgIpc) is 2.52. The number of hydrazine groups is 1. The van der Waals surface area contributed by atoms with E-state index >= 15 is 0 Å². The van der Waals surface area contributed by atoms with Gasteiger partial charge in [0, 0.05) is 18.2 Å². The molecule has 0 amide bonds. The highest BCUT2D eigenvalue weighted by Crippen LogP contribution is 2.29. The van der Waals surface area contributed by atoms with Crippen molar-refractivity contribution in [2.75, 3.05) is 16.2 Å². The van der Waals surface area contributed by atoms with Crippen LogP contribution in [-0.2, 0) is 0 Å². The van der Waals surface area contributed by atoms with Gasteiger partial charge in [-0.15, -0.1) is 0 Å². The molecular formula is C13H15N7O4. The van der Waals surface area contributed by atoms with Crippen LogP contribution in [0.3, 0.4) is 0 Å². The van der Waals surface area contributed by atoms with E-state index in [1.165, 1.54) is 30.6 Å². The lowest BCUT2D eigenvalue weighted by molar-refractivity contribution is -0.384. The molecule has 0 saturated carbocycles. The molecular weight excluding hydrogens is 318 g/mol. The highest BCUT2D eigenvalue weighted by molar-refractivity contribution is 5.70. The summed E-state index contributed by atoms with van der Waals surface area (Å²) in [6.45, 7) is 3.65. The number of non-ortho nitro benzene ring substituents is 1. The Labute approximate surface area is 136 Å². The number of nitrogens with one attached hydrogen (secondary N) is 3. The van der Waals surface area contributed by atoms with Crippen LogP contribution in [0.25, 0.3) is 0 Å². The zero-order valence-corrected chi connectivity index (χ0v) is 12.9. The molecule has 126 valence electrons. The molecule has 1 aromatic carbocycles. The lowest BCUT2D eigenvalue weighted by Crippen LogP contribution is -2.16. The summed E-state index contributed by atoms with van der Waals surface area (Å²) < 4.78 is 0. The van der Waals surface area contributed by atoms with Crippen molar-refractivity contribution in [2.45, 2.75) is 19.9 Å². The van der Waals surface area contributed by atoms with Gasteiger partial charge in [-0.2, -0.15) is 0 Å². The first-order valence-electron chi connectivity index (χ1n) is 6.91. The maximum absolute atomic E-state index is 11.3. The third kappa shape index (κ3) is 4.03. The minimum atomic E-state index is -0.593. The molecule has 0 spiro atoms. The van der Waals surface area contributed by atoms with Gasteiger partial charge < -0.3 is 5.32 Å². The van der Waals surface area contributed by atoms with Gasteiger partial charge in [0.1, 0.15) is 6.33 Å². The number of anilines is 3. The Morgan fingerprint density at radius 3 is 2.12 bits per heavy atom. The lowest BCUT2D eigenvalue weighted by atomic mass is 10.3. The zero-order chi connectivity index (χ0) is 17.7. The van der Waals surface area contributed by atoms with Gasteiger partial charge in [0.05, 0.1) is 15.5 Å². The molecule has 2 rings (SSSR count). The van der Waals surface area contributed by atoms with E-state index < -0.39 is 9.85 Å². The molecule has 0 fully saturated rings. The Morgan fingerprint density at radius 2 is 1.58 bits per heavy atom. The molecule has 0 aliphatic carbocycles. The van der Waals surface area contributed by atoms with Gasteiger partial charge in [-0.05, 0) is 26.0 Å². The number of rotatable bonds is 7. The monoisotopic (exact) mass is 333 g/mol. The first-order valence-corrected chi connectivity index (χ1v) is 6.91. The first-order chi connectivity index (χ1) is 11.4. The van der Waals surface area contributed by atoms with Gasteiger partial charge in [-0.3, -0.25) is 31.1 Å². The Kier molecular flexibility index (Phi) is 5.04. The van der Waals surface area contributed by atoms with Crippen molar-refractivity contribution in [3.63, 3.8) is 0 Å². The van der Waals surface area contributed by atoms with E-state index in [1.807, 2.05) is 13.8 Å². The van der Waals surface area contributed by atoms with Gasteiger partial charge >= 0.3 is 5.69 Å². The SMILES string of the molecule is CC(C)Nc1ncnc(NNc2ccc([N+](=O)[O-])cc2)c1[N+](=O)[O-]. The van der Waals surface area contributed by atoms with Crippen molar-refractivity contribution >= 4 is 28.7 Å². The van der Waals surface area contributed by atoms with Gasteiger partial charge in [-0.1, -0.05) is 0 Å². The second-order valence-electron chi connectivity index (χ2n) is 5.03. The maximum Gasteiger partial charge on any atom is 0.354 e. The predicted octanol–water partition coefficient (Wildman–Crippen LogP) is 2.55. The van der Waals surface area contributed by atoms with E-state index in [-0.39, 0.29) is 29.1 Å². The van der Waals surface area contributed by atoms with Crippen molar-refractivity contribution in [3.8, 4) is 0 Å². The van der Waals surface area contributed by atoms with Crippen LogP contribution in [0.1, 0.15) is 13.8 Å². The molecule has 0 aliphatic heterocycles. The number of benzene rings is 1. The number of aromatic nitrogens is 2. The fraction of sp³-hybridized carbons (Fsp3) is 0.231. The van der Waals surface area contributed by atoms with Crippen LogP contribution in [0.15, 0.2) is 30.6 Å². The normalized spacial score (nSPS) is 10.3.